The molecule has 2 aromatic heterocycles. The van der Waals surface area contributed by atoms with Gasteiger partial charge in [-0.2, -0.15) is 5.10 Å². The van der Waals surface area contributed by atoms with Gasteiger partial charge in [0.05, 0.1) is 6.20 Å². The van der Waals surface area contributed by atoms with Gasteiger partial charge in [-0.15, -0.1) is 0 Å². The monoisotopic (exact) mass is 163 g/mol. The van der Waals surface area contributed by atoms with Gasteiger partial charge in [-0.1, -0.05) is 0 Å². The number of rotatable bonds is 1. The normalized spacial score (nSPS) is 10.0. The van der Waals surface area contributed by atoms with Crippen molar-refractivity contribution in [3.63, 3.8) is 0 Å². The van der Waals surface area contributed by atoms with Crippen LogP contribution in [0.3, 0.4) is 0 Å². The summed E-state index contributed by atoms with van der Waals surface area (Å²) < 4.78 is 4.96. The molecule has 2 rings (SSSR count). The fourth-order valence-corrected chi connectivity index (χ4v) is 0.824. The molecule has 0 radical (unpaired) electrons. The zero-order valence-corrected chi connectivity index (χ0v) is 6.02. The van der Waals surface area contributed by atoms with Crippen LogP contribution in [-0.2, 0) is 0 Å². The molecule has 1 N–H and O–H groups in total. The number of oxazole rings is 1. The van der Waals surface area contributed by atoms with E-state index in [1.807, 2.05) is 0 Å². The molecule has 0 aliphatic heterocycles. The van der Waals surface area contributed by atoms with Gasteiger partial charge in [0, 0.05) is 6.07 Å². The third-order valence-corrected chi connectivity index (χ3v) is 1.36. The van der Waals surface area contributed by atoms with Crippen molar-refractivity contribution in [2.24, 2.45) is 0 Å². The van der Waals surface area contributed by atoms with Crippen LogP contribution in [0.4, 0.5) is 0 Å². The van der Waals surface area contributed by atoms with Gasteiger partial charge in [0.15, 0.2) is 12.2 Å². The summed E-state index contributed by atoms with van der Waals surface area (Å²) in [4.78, 5) is 14.3. The molecule has 2 heterocycles. The largest absolute Gasteiger partial charge is 0.442 e. The van der Waals surface area contributed by atoms with E-state index >= 15 is 0 Å². The molecule has 12 heavy (non-hydrogen) atoms. The molecule has 0 saturated heterocycles. The lowest BCUT2D eigenvalue weighted by atomic mass is 10.3. The minimum Gasteiger partial charge on any atom is -0.442 e. The third kappa shape index (κ3) is 1.12. The van der Waals surface area contributed by atoms with Crippen LogP contribution in [0.2, 0.25) is 0 Å². The van der Waals surface area contributed by atoms with Gasteiger partial charge in [0.1, 0.15) is 5.69 Å². The molecule has 2 aromatic rings. The molecule has 0 saturated carbocycles. The van der Waals surface area contributed by atoms with Gasteiger partial charge in [0.2, 0.25) is 0 Å². The van der Waals surface area contributed by atoms with Crippen molar-refractivity contribution in [1.82, 2.24) is 15.2 Å². The zero-order valence-electron chi connectivity index (χ0n) is 6.02. The van der Waals surface area contributed by atoms with E-state index in [0.29, 0.717) is 11.5 Å². The molecular weight excluding hydrogens is 158 g/mol. The number of hydrogen-bond acceptors (Lipinski definition) is 4. The first-order valence-corrected chi connectivity index (χ1v) is 3.31. The molecule has 60 valence electrons. The molecule has 0 spiro atoms. The van der Waals surface area contributed by atoms with Crippen molar-refractivity contribution in [2.45, 2.75) is 0 Å². The van der Waals surface area contributed by atoms with Crippen molar-refractivity contribution < 1.29 is 4.42 Å². The summed E-state index contributed by atoms with van der Waals surface area (Å²) in [5.74, 6) is 0.534. The van der Waals surface area contributed by atoms with Gasteiger partial charge < -0.3 is 4.42 Å². The second-order valence-electron chi connectivity index (χ2n) is 2.17. The summed E-state index contributed by atoms with van der Waals surface area (Å²) in [5.41, 5.74) is 0.324. The van der Waals surface area contributed by atoms with E-state index in [1.165, 1.54) is 18.7 Å². The lowest BCUT2D eigenvalue weighted by Crippen LogP contribution is -2.05. The average Bonchev–Trinajstić information content (AvgIpc) is 2.58. The number of aromatic nitrogens is 3. The van der Waals surface area contributed by atoms with E-state index < -0.39 is 0 Å². The van der Waals surface area contributed by atoms with Crippen LogP contribution in [-0.4, -0.2) is 15.2 Å². The molecule has 0 bridgehead atoms. The maximum Gasteiger partial charge on any atom is 0.264 e. The lowest BCUT2D eigenvalue weighted by molar-refractivity contribution is 0.568. The molecule has 5 nitrogen and oxygen atoms in total. The molecule has 0 aliphatic carbocycles. The Morgan fingerprint density at radius 1 is 1.42 bits per heavy atom. The molecule has 0 fully saturated rings. The standard InChI is InChI=1S/C7H5N3O2/c11-7-2-1-5(9-10-7)6-3-8-4-12-6/h1-4H,(H,10,11). The average molecular weight is 163 g/mol. The Balaban J connectivity index is 2.49. The summed E-state index contributed by atoms with van der Waals surface area (Å²) in [6.45, 7) is 0. The summed E-state index contributed by atoms with van der Waals surface area (Å²) in [6.07, 6.45) is 2.84. The lowest BCUT2D eigenvalue weighted by Gasteiger charge is -1.90. The van der Waals surface area contributed by atoms with E-state index in [-0.39, 0.29) is 5.56 Å². The van der Waals surface area contributed by atoms with Crippen LogP contribution in [0, 0.1) is 0 Å². The van der Waals surface area contributed by atoms with Gasteiger partial charge in [-0.05, 0) is 6.07 Å². The minimum absolute atomic E-state index is 0.238. The van der Waals surface area contributed by atoms with Crippen LogP contribution in [0.15, 0.2) is 33.9 Å². The van der Waals surface area contributed by atoms with Gasteiger partial charge in [-0.3, -0.25) is 4.79 Å². The molecule has 0 atom stereocenters. The van der Waals surface area contributed by atoms with Crippen LogP contribution >= 0.6 is 0 Å². The molecule has 0 amide bonds. The second-order valence-corrected chi connectivity index (χ2v) is 2.17. The van der Waals surface area contributed by atoms with Crippen molar-refractivity contribution in [2.75, 3.05) is 0 Å². The highest BCUT2D eigenvalue weighted by Crippen LogP contribution is 2.12. The Labute approximate surface area is 67.1 Å². The van der Waals surface area contributed by atoms with E-state index in [4.69, 9.17) is 4.42 Å². The highest BCUT2D eigenvalue weighted by Gasteiger charge is 2.01. The summed E-state index contributed by atoms with van der Waals surface area (Å²) >= 11 is 0. The Morgan fingerprint density at radius 3 is 2.92 bits per heavy atom. The first kappa shape index (κ1) is 6.78. The molecule has 0 aromatic carbocycles. The van der Waals surface area contributed by atoms with E-state index in [1.54, 1.807) is 6.07 Å². The number of hydrogen-bond donors (Lipinski definition) is 1. The minimum atomic E-state index is -0.238. The SMILES string of the molecule is O=c1ccc(-c2cnco2)n[nH]1. The Kier molecular flexibility index (Phi) is 1.48. The molecular formula is C7H5N3O2. The first-order valence-electron chi connectivity index (χ1n) is 3.31. The number of aromatic amines is 1. The van der Waals surface area contributed by atoms with Crippen LogP contribution < -0.4 is 5.56 Å². The second kappa shape index (κ2) is 2.61. The Morgan fingerprint density at radius 2 is 2.33 bits per heavy atom. The maximum atomic E-state index is 10.6. The quantitative estimate of drug-likeness (QED) is 0.661. The third-order valence-electron chi connectivity index (χ3n) is 1.36. The number of nitrogens with one attached hydrogen (secondary N) is 1. The van der Waals surface area contributed by atoms with Crippen molar-refractivity contribution in [3.8, 4) is 11.5 Å². The van der Waals surface area contributed by atoms with Crippen LogP contribution in [0.5, 0.6) is 0 Å². The molecule has 0 aliphatic rings. The maximum absolute atomic E-state index is 10.6. The van der Waals surface area contributed by atoms with E-state index in [0.717, 1.165) is 0 Å². The topological polar surface area (TPSA) is 71.8 Å². The fourth-order valence-electron chi connectivity index (χ4n) is 0.824. The van der Waals surface area contributed by atoms with E-state index in [9.17, 15) is 4.79 Å². The highest BCUT2D eigenvalue weighted by molar-refractivity contribution is 5.48. The first-order chi connectivity index (χ1) is 5.86. The Bertz CT molecular complexity index is 398. The molecule has 0 unspecified atom stereocenters. The summed E-state index contributed by atoms with van der Waals surface area (Å²) in [6, 6.07) is 2.95. The van der Waals surface area contributed by atoms with Gasteiger partial charge in [-0.25, -0.2) is 10.1 Å². The number of H-pyrrole nitrogens is 1. The van der Waals surface area contributed by atoms with Crippen molar-refractivity contribution >= 4 is 0 Å². The zero-order chi connectivity index (χ0) is 8.39. The highest BCUT2D eigenvalue weighted by atomic mass is 16.3. The van der Waals surface area contributed by atoms with E-state index in [2.05, 4.69) is 15.2 Å². The predicted molar refractivity (Wildman–Crippen MR) is 40.4 cm³/mol. The van der Waals surface area contributed by atoms with Crippen molar-refractivity contribution in [3.05, 3.63) is 35.1 Å². The predicted octanol–water partition coefficient (Wildman–Crippen LogP) is 0.425. The number of nitrogens with zero attached hydrogens (tertiary/aromatic N) is 2. The van der Waals surface area contributed by atoms with Crippen LogP contribution in [0.25, 0.3) is 11.5 Å². The summed E-state index contributed by atoms with van der Waals surface area (Å²) in [7, 11) is 0. The fraction of sp³-hybridized carbons (Fsp3) is 0. The van der Waals surface area contributed by atoms with Gasteiger partial charge >= 0.3 is 0 Å². The van der Waals surface area contributed by atoms with Gasteiger partial charge in [0.25, 0.3) is 5.56 Å². The summed E-state index contributed by atoms with van der Waals surface area (Å²) in [5, 5.41) is 6.04. The van der Waals surface area contributed by atoms with Crippen LogP contribution in [0.1, 0.15) is 0 Å². The Hall–Kier alpha value is -1.91. The molecule has 5 heteroatoms. The smallest absolute Gasteiger partial charge is 0.264 e. The van der Waals surface area contributed by atoms with Crippen molar-refractivity contribution in [1.29, 1.82) is 0 Å².